The fraction of sp³-hybridized carbons (Fsp3) is 0.538. The largest absolute Gasteiger partial charge is 0.325 e. The van der Waals surface area contributed by atoms with Crippen molar-refractivity contribution in [1.82, 2.24) is 14.8 Å². The van der Waals surface area contributed by atoms with E-state index >= 15 is 0 Å². The van der Waals surface area contributed by atoms with Crippen LogP contribution in [0.5, 0.6) is 0 Å². The van der Waals surface area contributed by atoms with Crippen molar-refractivity contribution in [2.75, 3.05) is 32.5 Å². The van der Waals surface area contributed by atoms with Crippen molar-refractivity contribution in [2.24, 2.45) is 0 Å². The average Bonchev–Trinajstić information content (AvgIpc) is 2.40. The van der Waals surface area contributed by atoms with Crippen LogP contribution in [-0.4, -0.2) is 54.0 Å². The van der Waals surface area contributed by atoms with Crippen molar-refractivity contribution in [2.45, 2.75) is 18.9 Å². The maximum Gasteiger partial charge on any atom is 0.321 e. The summed E-state index contributed by atoms with van der Waals surface area (Å²) in [5.41, 5.74) is 0.738. The van der Waals surface area contributed by atoms with Gasteiger partial charge in [0.1, 0.15) is 0 Å². The number of carbonyl (C=O) groups is 1. The van der Waals surface area contributed by atoms with Gasteiger partial charge in [0.25, 0.3) is 0 Å². The topological polar surface area (TPSA) is 48.5 Å². The Morgan fingerprint density at radius 1 is 1.50 bits per heavy atom. The van der Waals surface area contributed by atoms with Crippen molar-refractivity contribution in [3.63, 3.8) is 0 Å². The Labute approximate surface area is 108 Å². The number of hydrogen-bond acceptors (Lipinski definition) is 3. The first kappa shape index (κ1) is 12.8. The van der Waals surface area contributed by atoms with E-state index in [0.29, 0.717) is 6.04 Å². The quantitative estimate of drug-likeness (QED) is 0.865. The Kier molecular flexibility index (Phi) is 4.15. The molecule has 5 heteroatoms. The molecule has 2 amide bonds. The number of nitrogens with one attached hydrogen (secondary N) is 1. The van der Waals surface area contributed by atoms with Crippen LogP contribution in [0.2, 0.25) is 0 Å². The normalized spacial score (nSPS) is 17.4. The fourth-order valence-corrected chi connectivity index (χ4v) is 2.20. The number of amides is 2. The van der Waals surface area contributed by atoms with E-state index in [2.05, 4.69) is 22.2 Å². The van der Waals surface area contributed by atoms with Gasteiger partial charge in [0.05, 0.1) is 11.9 Å². The predicted octanol–water partition coefficient (Wildman–Crippen LogP) is 1.64. The molecule has 1 aromatic heterocycles. The van der Waals surface area contributed by atoms with Crippen molar-refractivity contribution in [3.8, 4) is 0 Å². The molecule has 0 bridgehead atoms. The van der Waals surface area contributed by atoms with Crippen LogP contribution in [0.25, 0.3) is 0 Å². The third kappa shape index (κ3) is 3.20. The van der Waals surface area contributed by atoms with Crippen LogP contribution in [0, 0.1) is 0 Å². The summed E-state index contributed by atoms with van der Waals surface area (Å²) < 4.78 is 0. The van der Waals surface area contributed by atoms with E-state index < -0.39 is 0 Å². The zero-order valence-electron chi connectivity index (χ0n) is 11.0. The molecule has 1 fully saturated rings. The van der Waals surface area contributed by atoms with Gasteiger partial charge in [-0.3, -0.25) is 4.98 Å². The molecule has 0 atom stereocenters. The van der Waals surface area contributed by atoms with Gasteiger partial charge in [-0.15, -0.1) is 0 Å². The monoisotopic (exact) mass is 248 g/mol. The van der Waals surface area contributed by atoms with Gasteiger partial charge in [0.2, 0.25) is 0 Å². The lowest BCUT2D eigenvalue weighted by atomic mass is 10.0. The van der Waals surface area contributed by atoms with Gasteiger partial charge >= 0.3 is 6.03 Å². The minimum atomic E-state index is -0.0578. The van der Waals surface area contributed by atoms with Crippen LogP contribution in [0.1, 0.15) is 12.8 Å². The Morgan fingerprint density at radius 2 is 2.22 bits per heavy atom. The zero-order valence-corrected chi connectivity index (χ0v) is 11.0. The minimum Gasteiger partial charge on any atom is -0.325 e. The number of hydrogen-bond donors (Lipinski definition) is 1. The summed E-state index contributed by atoms with van der Waals surface area (Å²) in [4.78, 5) is 20.1. The van der Waals surface area contributed by atoms with Gasteiger partial charge in [-0.1, -0.05) is 0 Å². The third-order valence-corrected chi connectivity index (χ3v) is 3.47. The molecular formula is C13H20N4O. The summed E-state index contributed by atoms with van der Waals surface area (Å²) in [7, 11) is 3.98. The molecule has 1 saturated heterocycles. The molecule has 98 valence electrons. The summed E-state index contributed by atoms with van der Waals surface area (Å²) in [6.45, 7) is 2.10. The molecule has 1 N–H and O–H groups in total. The van der Waals surface area contributed by atoms with Crippen molar-refractivity contribution >= 4 is 11.7 Å². The first-order chi connectivity index (χ1) is 8.66. The van der Waals surface area contributed by atoms with E-state index in [0.717, 1.165) is 31.6 Å². The molecule has 5 nitrogen and oxygen atoms in total. The number of nitrogens with zero attached hydrogens (tertiary/aromatic N) is 3. The SMILES string of the molecule is CN1CCC(N(C)C(=O)Nc2cccnc2)CC1. The second-order valence-corrected chi connectivity index (χ2v) is 4.82. The smallest absolute Gasteiger partial charge is 0.321 e. The van der Waals surface area contributed by atoms with Gasteiger partial charge in [-0.2, -0.15) is 0 Å². The van der Waals surface area contributed by atoms with Gasteiger partial charge in [0, 0.05) is 19.3 Å². The molecule has 1 aromatic rings. The van der Waals surface area contributed by atoms with E-state index in [4.69, 9.17) is 0 Å². The highest BCUT2D eigenvalue weighted by atomic mass is 16.2. The second-order valence-electron chi connectivity index (χ2n) is 4.82. The molecule has 1 aliphatic rings. The lowest BCUT2D eigenvalue weighted by molar-refractivity contribution is 0.156. The predicted molar refractivity (Wildman–Crippen MR) is 71.5 cm³/mol. The number of likely N-dealkylation sites (tertiary alicyclic amines) is 1. The van der Waals surface area contributed by atoms with E-state index in [1.807, 2.05) is 19.2 Å². The number of urea groups is 1. The maximum atomic E-state index is 12.1. The molecule has 0 saturated carbocycles. The zero-order chi connectivity index (χ0) is 13.0. The van der Waals surface area contributed by atoms with Crippen molar-refractivity contribution in [3.05, 3.63) is 24.5 Å². The molecule has 0 aliphatic carbocycles. The highest BCUT2D eigenvalue weighted by molar-refractivity contribution is 5.89. The number of carbonyl (C=O) groups excluding carboxylic acids is 1. The number of aromatic nitrogens is 1. The fourth-order valence-electron chi connectivity index (χ4n) is 2.20. The molecule has 0 unspecified atom stereocenters. The summed E-state index contributed by atoms with van der Waals surface area (Å²) >= 11 is 0. The van der Waals surface area contributed by atoms with E-state index in [-0.39, 0.29) is 6.03 Å². The van der Waals surface area contributed by atoms with Crippen molar-refractivity contribution in [1.29, 1.82) is 0 Å². The molecule has 0 spiro atoms. The van der Waals surface area contributed by atoms with E-state index in [1.165, 1.54) is 0 Å². The van der Waals surface area contributed by atoms with Crippen LogP contribution in [0.4, 0.5) is 10.5 Å². The molecule has 0 radical (unpaired) electrons. The lowest BCUT2D eigenvalue weighted by Gasteiger charge is -2.35. The highest BCUT2D eigenvalue weighted by Gasteiger charge is 2.23. The molecular weight excluding hydrogens is 228 g/mol. The van der Waals surface area contributed by atoms with Crippen LogP contribution < -0.4 is 5.32 Å². The van der Waals surface area contributed by atoms with Crippen LogP contribution in [0.15, 0.2) is 24.5 Å². The molecule has 18 heavy (non-hydrogen) atoms. The summed E-state index contributed by atoms with van der Waals surface area (Å²) in [6.07, 6.45) is 5.41. The van der Waals surface area contributed by atoms with Gasteiger partial charge in [-0.05, 0) is 45.1 Å². The molecule has 1 aliphatic heterocycles. The highest BCUT2D eigenvalue weighted by Crippen LogP contribution is 2.15. The Morgan fingerprint density at radius 3 is 2.83 bits per heavy atom. The van der Waals surface area contributed by atoms with Gasteiger partial charge < -0.3 is 15.1 Å². The minimum absolute atomic E-state index is 0.0578. The van der Waals surface area contributed by atoms with Crippen molar-refractivity contribution < 1.29 is 4.79 Å². The van der Waals surface area contributed by atoms with E-state index in [9.17, 15) is 4.79 Å². The summed E-state index contributed by atoms with van der Waals surface area (Å²) in [6, 6.07) is 3.92. The standard InChI is InChI=1S/C13H20N4O/c1-16-8-5-12(6-9-16)17(2)13(18)15-11-4-3-7-14-10-11/h3-4,7,10,12H,5-6,8-9H2,1-2H3,(H,15,18). The van der Waals surface area contributed by atoms with E-state index in [1.54, 1.807) is 17.3 Å². The Balaban J connectivity index is 1.89. The van der Waals surface area contributed by atoms with Crippen LogP contribution in [-0.2, 0) is 0 Å². The molecule has 2 heterocycles. The van der Waals surface area contributed by atoms with Crippen LogP contribution >= 0.6 is 0 Å². The number of piperidine rings is 1. The first-order valence-corrected chi connectivity index (χ1v) is 6.29. The Hall–Kier alpha value is -1.62. The number of rotatable bonds is 2. The first-order valence-electron chi connectivity index (χ1n) is 6.29. The Bertz CT molecular complexity index is 387. The molecule has 0 aromatic carbocycles. The lowest BCUT2D eigenvalue weighted by Crippen LogP contribution is -2.46. The van der Waals surface area contributed by atoms with Gasteiger partial charge in [-0.25, -0.2) is 4.79 Å². The number of pyridine rings is 1. The maximum absolute atomic E-state index is 12.1. The average molecular weight is 248 g/mol. The van der Waals surface area contributed by atoms with Crippen LogP contribution in [0.3, 0.4) is 0 Å². The number of anilines is 1. The molecule has 2 rings (SSSR count). The summed E-state index contributed by atoms with van der Waals surface area (Å²) in [5.74, 6) is 0. The summed E-state index contributed by atoms with van der Waals surface area (Å²) in [5, 5.41) is 2.86. The third-order valence-electron chi connectivity index (χ3n) is 3.47. The van der Waals surface area contributed by atoms with Gasteiger partial charge in [0.15, 0.2) is 0 Å². The second kappa shape index (κ2) is 5.82.